The maximum absolute atomic E-state index is 15.1. The third-order valence-corrected chi connectivity index (χ3v) is 6.14. The third kappa shape index (κ3) is 2.50. The van der Waals surface area contributed by atoms with Gasteiger partial charge in [0.1, 0.15) is 11.1 Å². The van der Waals surface area contributed by atoms with Crippen LogP contribution >= 0.6 is 0 Å². The van der Waals surface area contributed by atoms with Crippen LogP contribution in [-0.2, 0) is 4.74 Å². The maximum atomic E-state index is 15.1. The molecule has 0 amide bonds. The summed E-state index contributed by atoms with van der Waals surface area (Å²) < 4.78 is 27.7. The van der Waals surface area contributed by atoms with Gasteiger partial charge in [-0.3, -0.25) is 9.59 Å². The second-order valence-electron chi connectivity index (χ2n) is 8.04. The number of halogens is 1. The van der Waals surface area contributed by atoms with Crippen LogP contribution in [0.15, 0.2) is 62.7 Å². The monoisotopic (exact) mass is 441 g/mol. The number of aryl methyl sites for hydroxylation is 1. The van der Waals surface area contributed by atoms with Gasteiger partial charge >= 0.3 is 5.97 Å². The summed E-state index contributed by atoms with van der Waals surface area (Å²) in [6, 6.07) is 12.0. The summed E-state index contributed by atoms with van der Waals surface area (Å²) >= 11 is 0. The lowest BCUT2D eigenvalue weighted by atomic mass is 10.1. The standard InChI is InChI=1S/C26H16FNO5/c1-3-32-26(31)18-11-28-19-9-15-13-6-4-5-7-14(13)23(29)16(15)10-20(19)33-25-21(27)12(2)8-17(22(25)28)24(18)30/h4-11H,3H2,1-2H3. The van der Waals surface area contributed by atoms with Gasteiger partial charge in [-0.15, -0.1) is 0 Å². The number of benzene rings is 3. The van der Waals surface area contributed by atoms with Gasteiger partial charge in [0.05, 0.1) is 17.5 Å². The molecule has 2 aromatic heterocycles. The van der Waals surface area contributed by atoms with Crippen molar-refractivity contribution in [2.45, 2.75) is 13.8 Å². The summed E-state index contributed by atoms with van der Waals surface area (Å²) in [5, 5.41) is 2.67. The number of carbonyl (C=O) groups excluding carboxylic acids is 1. The van der Waals surface area contributed by atoms with E-state index in [1.165, 1.54) is 19.2 Å². The van der Waals surface area contributed by atoms with E-state index in [1.807, 2.05) is 12.1 Å². The SMILES string of the molecule is CCOC(=O)c1cn2c3cc4c(cc3oc3c(F)c(C)cc(c1=O)c32)c(=O)c1ccccc14. The summed E-state index contributed by atoms with van der Waals surface area (Å²) in [7, 11) is 0. The lowest BCUT2D eigenvalue weighted by molar-refractivity contribution is 0.0524. The van der Waals surface area contributed by atoms with Gasteiger partial charge in [0, 0.05) is 17.0 Å². The summed E-state index contributed by atoms with van der Waals surface area (Å²) in [6.45, 7) is 3.28. The van der Waals surface area contributed by atoms with E-state index in [9.17, 15) is 14.4 Å². The second-order valence-corrected chi connectivity index (χ2v) is 8.04. The summed E-state index contributed by atoms with van der Waals surface area (Å²) in [4.78, 5) is 38.6. The number of carbonyl (C=O) groups is 1. The molecule has 0 saturated heterocycles. The maximum Gasteiger partial charge on any atom is 0.343 e. The summed E-state index contributed by atoms with van der Waals surface area (Å²) in [5.41, 5.74) is 0.198. The first-order valence-electron chi connectivity index (χ1n) is 10.5. The lowest BCUT2D eigenvalue weighted by Crippen LogP contribution is -2.20. The van der Waals surface area contributed by atoms with Crippen LogP contribution in [0.25, 0.3) is 49.1 Å². The van der Waals surface area contributed by atoms with Gasteiger partial charge in [-0.05, 0) is 48.4 Å². The molecule has 0 aliphatic rings. The normalized spacial score (nSPS) is 12.0. The van der Waals surface area contributed by atoms with E-state index >= 15 is 4.39 Å². The molecule has 0 bridgehead atoms. The van der Waals surface area contributed by atoms with Gasteiger partial charge < -0.3 is 13.6 Å². The molecule has 6 rings (SSSR count). The van der Waals surface area contributed by atoms with Crippen molar-refractivity contribution in [1.82, 2.24) is 4.40 Å². The van der Waals surface area contributed by atoms with E-state index in [0.29, 0.717) is 21.7 Å². The zero-order valence-corrected chi connectivity index (χ0v) is 17.7. The fraction of sp³-hybridized carbons (Fsp3) is 0.115. The number of aromatic nitrogens is 1. The van der Waals surface area contributed by atoms with E-state index in [1.54, 1.807) is 35.6 Å². The Morgan fingerprint density at radius 1 is 1.00 bits per heavy atom. The van der Waals surface area contributed by atoms with Gasteiger partial charge in [-0.1, -0.05) is 24.3 Å². The fourth-order valence-corrected chi connectivity index (χ4v) is 4.62. The van der Waals surface area contributed by atoms with E-state index in [4.69, 9.17) is 9.15 Å². The first-order chi connectivity index (χ1) is 15.9. The van der Waals surface area contributed by atoms with E-state index < -0.39 is 17.2 Å². The largest absolute Gasteiger partial charge is 0.462 e. The van der Waals surface area contributed by atoms with Crippen molar-refractivity contribution < 1.29 is 18.3 Å². The predicted octanol–water partition coefficient (Wildman–Crippen LogP) is 4.93. The number of fused-ring (bicyclic) bond motifs is 5. The van der Waals surface area contributed by atoms with Crippen molar-refractivity contribution in [3.05, 3.63) is 86.1 Å². The molecule has 0 unspecified atom stereocenters. The molecular formula is C26H16FNO5. The van der Waals surface area contributed by atoms with E-state index in [0.717, 1.165) is 5.39 Å². The quantitative estimate of drug-likeness (QED) is 0.216. The predicted molar refractivity (Wildman–Crippen MR) is 124 cm³/mol. The van der Waals surface area contributed by atoms with Crippen molar-refractivity contribution in [1.29, 1.82) is 0 Å². The van der Waals surface area contributed by atoms with Gasteiger partial charge in [-0.2, -0.15) is 0 Å². The fourth-order valence-electron chi connectivity index (χ4n) is 4.62. The molecule has 2 heterocycles. The third-order valence-electron chi connectivity index (χ3n) is 6.14. The minimum atomic E-state index is -0.758. The minimum Gasteiger partial charge on any atom is -0.462 e. The minimum absolute atomic E-state index is 0.107. The Balaban J connectivity index is 1.89. The Hall–Kier alpha value is -4.26. The number of hydrogen-bond donors (Lipinski definition) is 0. The van der Waals surface area contributed by atoms with Crippen LogP contribution in [0.2, 0.25) is 0 Å². The molecule has 4 aromatic carbocycles. The molecule has 0 aliphatic carbocycles. The molecule has 6 nitrogen and oxygen atoms in total. The van der Waals surface area contributed by atoms with E-state index in [-0.39, 0.29) is 45.2 Å². The zero-order valence-electron chi connectivity index (χ0n) is 17.7. The first-order valence-corrected chi connectivity index (χ1v) is 10.5. The Labute approximate surface area is 184 Å². The zero-order chi connectivity index (χ0) is 23.0. The van der Waals surface area contributed by atoms with Crippen molar-refractivity contribution >= 4 is 55.1 Å². The Morgan fingerprint density at radius 3 is 2.52 bits per heavy atom. The smallest absolute Gasteiger partial charge is 0.343 e. The molecule has 162 valence electrons. The van der Waals surface area contributed by atoms with Crippen LogP contribution in [0.3, 0.4) is 0 Å². The molecule has 0 radical (unpaired) electrons. The van der Waals surface area contributed by atoms with Crippen LogP contribution in [-0.4, -0.2) is 17.0 Å². The highest BCUT2D eigenvalue weighted by atomic mass is 19.1. The molecule has 0 spiro atoms. The number of pyridine rings is 1. The topological polar surface area (TPSA) is 78.0 Å². The Bertz CT molecular complexity index is 1920. The van der Waals surface area contributed by atoms with Gasteiger partial charge in [0.15, 0.2) is 22.4 Å². The first kappa shape index (κ1) is 19.4. The average molecular weight is 441 g/mol. The highest BCUT2D eigenvalue weighted by molar-refractivity contribution is 6.15. The molecule has 7 heteroatoms. The molecule has 0 atom stereocenters. The van der Waals surface area contributed by atoms with E-state index in [2.05, 4.69) is 0 Å². The summed E-state index contributed by atoms with van der Waals surface area (Å²) in [6.07, 6.45) is 1.36. The highest BCUT2D eigenvalue weighted by Gasteiger charge is 2.23. The molecule has 0 N–H and O–H groups in total. The van der Waals surface area contributed by atoms with Crippen molar-refractivity contribution in [2.75, 3.05) is 6.61 Å². The van der Waals surface area contributed by atoms with Gasteiger partial charge in [0.2, 0.25) is 5.43 Å². The molecule has 0 aliphatic heterocycles. The number of nitrogens with zero attached hydrogens (tertiary/aromatic N) is 1. The molecule has 0 fully saturated rings. The van der Waals surface area contributed by atoms with Crippen LogP contribution in [0.1, 0.15) is 22.8 Å². The average Bonchev–Trinajstić information content (AvgIpc) is 3.09. The molecular weight excluding hydrogens is 425 g/mol. The number of esters is 1. The van der Waals surface area contributed by atoms with Crippen LogP contribution in [0, 0.1) is 12.7 Å². The van der Waals surface area contributed by atoms with Gasteiger partial charge in [-0.25, -0.2) is 9.18 Å². The molecule has 33 heavy (non-hydrogen) atoms. The number of rotatable bonds is 2. The lowest BCUT2D eigenvalue weighted by Gasteiger charge is -2.14. The van der Waals surface area contributed by atoms with Crippen LogP contribution in [0.4, 0.5) is 4.39 Å². The summed E-state index contributed by atoms with van der Waals surface area (Å²) in [5.74, 6) is -1.37. The second kappa shape index (κ2) is 6.62. The number of ether oxygens (including phenoxy) is 1. The highest BCUT2D eigenvalue weighted by Crippen LogP contribution is 2.33. The molecule has 0 saturated carbocycles. The van der Waals surface area contributed by atoms with Crippen molar-refractivity contribution in [3.8, 4) is 0 Å². The van der Waals surface area contributed by atoms with Crippen molar-refractivity contribution in [2.24, 2.45) is 0 Å². The van der Waals surface area contributed by atoms with Gasteiger partial charge in [0.25, 0.3) is 0 Å². The van der Waals surface area contributed by atoms with Crippen LogP contribution in [0.5, 0.6) is 0 Å². The Kier molecular flexibility index (Phi) is 3.90. The van der Waals surface area contributed by atoms with Crippen molar-refractivity contribution in [3.63, 3.8) is 0 Å². The Morgan fingerprint density at radius 2 is 1.76 bits per heavy atom. The number of hydrogen-bond acceptors (Lipinski definition) is 5. The van der Waals surface area contributed by atoms with Crippen LogP contribution < -0.4 is 10.9 Å². The molecule has 6 aromatic rings.